The molecule has 2 rings (SSSR count). The largest absolute Gasteiger partial charge is 0.212 e. The molecule has 0 aromatic heterocycles. The van der Waals surface area contributed by atoms with Crippen LogP contribution in [-0.4, -0.2) is 5.25 Å². The Morgan fingerprint density at radius 2 is 2.13 bits per heavy atom. The van der Waals surface area contributed by atoms with E-state index >= 15 is 0 Å². The van der Waals surface area contributed by atoms with E-state index in [0.717, 1.165) is 12.8 Å². The molecule has 15 heavy (non-hydrogen) atoms. The quantitative estimate of drug-likeness (QED) is 0.652. The number of allylic oxidation sites excluding steroid dienone is 6. The molecule has 0 heterocycles. The van der Waals surface area contributed by atoms with Crippen LogP contribution in [0.5, 0.6) is 0 Å². The van der Waals surface area contributed by atoms with E-state index in [-0.39, 0.29) is 5.83 Å². The molecule has 0 N–H and O–H groups in total. The zero-order valence-corrected chi connectivity index (χ0v) is 9.95. The molecule has 0 nitrogen and oxygen atoms in total. The molecule has 2 aliphatic carbocycles. The summed E-state index contributed by atoms with van der Waals surface area (Å²) in [5.41, 5.74) is 1.47. The zero-order valence-electron chi connectivity index (χ0n) is 9.13. The van der Waals surface area contributed by atoms with Crippen molar-refractivity contribution in [3.8, 4) is 0 Å². The second-order valence-corrected chi connectivity index (χ2v) is 5.74. The highest BCUT2D eigenvalue weighted by molar-refractivity contribution is 8.03. The molecule has 2 aliphatic rings. The molecule has 0 amide bonds. The summed E-state index contributed by atoms with van der Waals surface area (Å²) < 4.78 is 12.8. The van der Waals surface area contributed by atoms with Crippen molar-refractivity contribution in [2.45, 2.75) is 44.3 Å². The summed E-state index contributed by atoms with van der Waals surface area (Å²) in [5.74, 6) is 0.0835. The molecule has 0 aromatic carbocycles. The fraction of sp³-hybridized carbons (Fsp3) is 0.538. The lowest BCUT2D eigenvalue weighted by Gasteiger charge is -2.21. The summed E-state index contributed by atoms with van der Waals surface area (Å²) >= 11 is 1.95. The summed E-state index contributed by atoms with van der Waals surface area (Å²) in [6, 6.07) is 0. The maximum atomic E-state index is 12.8. The monoisotopic (exact) mass is 224 g/mol. The minimum absolute atomic E-state index is 0.0835. The van der Waals surface area contributed by atoms with Crippen molar-refractivity contribution in [2.75, 3.05) is 0 Å². The van der Waals surface area contributed by atoms with Crippen molar-refractivity contribution < 1.29 is 4.39 Å². The molecular weight excluding hydrogens is 207 g/mol. The molecule has 0 bridgehead atoms. The first-order chi connectivity index (χ1) is 7.24. The molecule has 0 spiro atoms. The molecule has 0 saturated carbocycles. The van der Waals surface area contributed by atoms with E-state index in [2.05, 4.69) is 19.1 Å². The smallest absolute Gasteiger partial charge is 0.0960 e. The molecular formula is C13H17FS. The van der Waals surface area contributed by atoms with Gasteiger partial charge < -0.3 is 0 Å². The third kappa shape index (κ3) is 3.23. The number of halogens is 1. The van der Waals surface area contributed by atoms with Crippen molar-refractivity contribution in [2.24, 2.45) is 0 Å². The number of thioether (sulfide) groups is 1. The SMILES string of the molecule is CC1=CC=C(SC2CC=C(F)CC2)CC1. The third-order valence-corrected chi connectivity index (χ3v) is 4.35. The maximum absolute atomic E-state index is 12.8. The van der Waals surface area contributed by atoms with E-state index < -0.39 is 0 Å². The fourth-order valence-electron chi connectivity index (χ4n) is 1.92. The second kappa shape index (κ2) is 5.02. The summed E-state index contributed by atoms with van der Waals surface area (Å²) in [6.45, 7) is 2.18. The Bertz CT molecular complexity index is 325. The highest BCUT2D eigenvalue weighted by atomic mass is 32.2. The van der Waals surface area contributed by atoms with Crippen molar-refractivity contribution in [1.82, 2.24) is 0 Å². The summed E-state index contributed by atoms with van der Waals surface area (Å²) in [7, 11) is 0. The predicted octanol–water partition coefficient (Wildman–Crippen LogP) is 4.75. The van der Waals surface area contributed by atoms with Crippen LogP contribution in [0.4, 0.5) is 4.39 Å². The van der Waals surface area contributed by atoms with Gasteiger partial charge in [-0.15, -0.1) is 11.8 Å². The van der Waals surface area contributed by atoms with Crippen molar-refractivity contribution in [1.29, 1.82) is 0 Å². The van der Waals surface area contributed by atoms with Gasteiger partial charge in [-0.3, -0.25) is 0 Å². The van der Waals surface area contributed by atoms with E-state index in [1.165, 1.54) is 23.3 Å². The highest BCUT2D eigenvalue weighted by Gasteiger charge is 2.17. The zero-order chi connectivity index (χ0) is 10.7. The predicted molar refractivity (Wildman–Crippen MR) is 65.5 cm³/mol. The van der Waals surface area contributed by atoms with E-state index in [4.69, 9.17) is 0 Å². The van der Waals surface area contributed by atoms with Gasteiger partial charge in [-0.1, -0.05) is 23.8 Å². The Balaban J connectivity index is 1.88. The molecule has 2 heteroatoms. The summed E-state index contributed by atoms with van der Waals surface area (Å²) in [6.07, 6.45) is 11.1. The van der Waals surface area contributed by atoms with Gasteiger partial charge in [-0.25, -0.2) is 4.39 Å². The van der Waals surface area contributed by atoms with Crippen LogP contribution >= 0.6 is 11.8 Å². The van der Waals surface area contributed by atoms with Gasteiger partial charge in [0.1, 0.15) is 0 Å². The van der Waals surface area contributed by atoms with E-state index in [0.29, 0.717) is 11.7 Å². The Labute approximate surface area is 95.3 Å². The Kier molecular flexibility index (Phi) is 3.68. The van der Waals surface area contributed by atoms with Crippen LogP contribution in [0.25, 0.3) is 0 Å². The summed E-state index contributed by atoms with van der Waals surface area (Å²) in [5, 5.41) is 0.600. The van der Waals surface area contributed by atoms with Crippen LogP contribution < -0.4 is 0 Å². The maximum Gasteiger partial charge on any atom is 0.0960 e. The number of hydrogen-bond donors (Lipinski definition) is 0. The first-order valence-electron chi connectivity index (χ1n) is 5.61. The van der Waals surface area contributed by atoms with Crippen molar-refractivity contribution in [3.63, 3.8) is 0 Å². The van der Waals surface area contributed by atoms with Crippen LogP contribution in [0.3, 0.4) is 0 Å². The molecule has 0 fully saturated rings. The van der Waals surface area contributed by atoms with Crippen molar-refractivity contribution in [3.05, 3.63) is 34.5 Å². The van der Waals surface area contributed by atoms with Crippen LogP contribution in [0, 0.1) is 0 Å². The van der Waals surface area contributed by atoms with Gasteiger partial charge in [0.15, 0.2) is 0 Å². The minimum Gasteiger partial charge on any atom is -0.212 e. The fourth-order valence-corrected chi connectivity index (χ4v) is 3.14. The minimum atomic E-state index is 0.0835. The Morgan fingerprint density at radius 3 is 2.73 bits per heavy atom. The average Bonchev–Trinajstić information content (AvgIpc) is 2.25. The standard InChI is InChI=1S/C13H17FS/c1-10-2-6-12(7-3-10)15-13-8-4-11(14)5-9-13/h2,4,6,13H,3,5,7-9H2,1H3. The molecule has 0 aromatic rings. The highest BCUT2D eigenvalue weighted by Crippen LogP contribution is 2.36. The molecule has 1 unspecified atom stereocenters. The molecule has 82 valence electrons. The lowest BCUT2D eigenvalue weighted by atomic mass is 10.1. The van der Waals surface area contributed by atoms with Crippen LogP contribution in [-0.2, 0) is 0 Å². The van der Waals surface area contributed by atoms with Gasteiger partial charge in [-0.2, -0.15) is 0 Å². The lowest BCUT2D eigenvalue weighted by Crippen LogP contribution is -2.07. The van der Waals surface area contributed by atoms with Gasteiger partial charge in [0, 0.05) is 5.25 Å². The van der Waals surface area contributed by atoms with Crippen molar-refractivity contribution >= 4 is 11.8 Å². The first kappa shape index (κ1) is 11.0. The Morgan fingerprint density at radius 1 is 1.27 bits per heavy atom. The first-order valence-corrected chi connectivity index (χ1v) is 6.49. The van der Waals surface area contributed by atoms with Gasteiger partial charge in [0.25, 0.3) is 0 Å². The van der Waals surface area contributed by atoms with Crippen LogP contribution in [0.2, 0.25) is 0 Å². The van der Waals surface area contributed by atoms with Crippen LogP contribution in [0.15, 0.2) is 34.5 Å². The van der Waals surface area contributed by atoms with Gasteiger partial charge >= 0.3 is 0 Å². The van der Waals surface area contributed by atoms with Crippen LogP contribution in [0.1, 0.15) is 39.0 Å². The van der Waals surface area contributed by atoms with Gasteiger partial charge in [0.05, 0.1) is 5.83 Å². The normalized spacial score (nSPS) is 26.8. The van der Waals surface area contributed by atoms with Gasteiger partial charge in [-0.05, 0) is 43.9 Å². The average molecular weight is 224 g/mol. The van der Waals surface area contributed by atoms with Gasteiger partial charge in [0.2, 0.25) is 0 Å². The topological polar surface area (TPSA) is 0 Å². The van der Waals surface area contributed by atoms with E-state index in [9.17, 15) is 4.39 Å². The number of hydrogen-bond acceptors (Lipinski definition) is 1. The van der Waals surface area contributed by atoms with E-state index in [1.54, 1.807) is 6.08 Å². The number of rotatable bonds is 2. The molecule has 0 radical (unpaired) electrons. The molecule has 0 aliphatic heterocycles. The molecule has 1 atom stereocenters. The third-order valence-electron chi connectivity index (χ3n) is 2.94. The Hall–Kier alpha value is -0.500. The van der Waals surface area contributed by atoms with E-state index in [1.807, 2.05) is 11.8 Å². The summed E-state index contributed by atoms with van der Waals surface area (Å²) in [4.78, 5) is 1.47. The second-order valence-electron chi connectivity index (χ2n) is 4.31. The molecule has 0 saturated heterocycles. The lowest BCUT2D eigenvalue weighted by molar-refractivity contribution is 0.539.